The Morgan fingerprint density at radius 3 is 2.52 bits per heavy atom. The van der Waals surface area contributed by atoms with Gasteiger partial charge in [-0.05, 0) is 73.0 Å². The summed E-state index contributed by atoms with van der Waals surface area (Å²) in [6, 6.07) is 7.73. The standard InChI is InChI=1S/C21H22BrF3N4/c1-5-26-19-10-18-15(9-17(19)22)20(29-13(4)28-18)27-12(3)14-7-6-8-16(11(14)2)21(23,24)25/h6-10,12,26H,5H2,1-4H3,(H,27,28,29). The fourth-order valence-electron chi connectivity index (χ4n) is 3.41. The number of rotatable bonds is 5. The molecular formula is C21H22BrF3N4. The van der Waals surface area contributed by atoms with Crippen LogP contribution in [-0.2, 0) is 6.18 Å². The van der Waals surface area contributed by atoms with Crippen molar-refractivity contribution in [1.82, 2.24) is 9.97 Å². The Kier molecular flexibility index (Phi) is 6.03. The van der Waals surface area contributed by atoms with E-state index in [4.69, 9.17) is 0 Å². The zero-order valence-electron chi connectivity index (χ0n) is 16.6. The Bertz CT molecular complexity index is 1050. The van der Waals surface area contributed by atoms with Crippen LogP contribution in [0.2, 0.25) is 0 Å². The molecule has 0 aliphatic rings. The summed E-state index contributed by atoms with van der Waals surface area (Å²) >= 11 is 3.55. The molecule has 154 valence electrons. The fraction of sp³-hybridized carbons (Fsp3) is 0.333. The number of nitrogens with one attached hydrogen (secondary N) is 2. The first-order chi connectivity index (χ1) is 13.6. The molecule has 0 saturated carbocycles. The third kappa shape index (κ3) is 4.47. The minimum Gasteiger partial charge on any atom is -0.384 e. The molecule has 3 rings (SSSR count). The van der Waals surface area contributed by atoms with Gasteiger partial charge in [0.25, 0.3) is 0 Å². The molecule has 4 nitrogen and oxygen atoms in total. The molecule has 0 radical (unpaired) electrons. The van der Waals surface area contributed by atoms with E-state index in [0.717, 1.165) is 33.7 Å². The highest BCUT2D eigenvalue weighted by molar-refractivity contribution is 9.10. The average molecular weight is 467 g/mol. The highest BCUT2D eigenvalue weighted by Gasteiger charge is 2.33. The minimum atomic E-state index is -4.38. The van der Waals surface area contributed by atoms with Crippen LogP contribution in [0.1, 0.15) is 42.4 Å². The molecule has 8 heteroatoms. The molecule has 3 aromatic rings. The zero-order valence-corrected chi connectivity index (χ0v) is 18.2. The number of hydrogen-bond donors (Lipinski definition) is 2. The molecule has 1 unspecified atom stereocenters. The number of benzene rings is 2. The van der Waals surface area contributed by atoms with Crippen molar-refractivity contribution in [3.63, 3.8) is 0 Å². The summed E-state index contributed by atoms with van der Waals surface area (Å²) in [7, 11) is 0. The predicted octanol–water partition coefficient (Wildman–Crippen LogP) is 6.63. The molecule has 0 spiro atoms. The topological polar surface area (TPSA) is 49.8 Å². The highest BCUT2D eigenvalue weighted by atomic mass is 79.9. The highest BCUT2D eigenvalue weighted by Crippen LogP contribution is 2.36. The van der Waals surface area contributed by atoms with Gasteiger partial charge in [0.2, 0.25) is 0 Å². The lowest BCUT2D eigenvalue weighted by atomic mass is 9.97. The van der Waals surface area contributed by atoms with Crippen molar-refractivity contribution in [2.24, 2.45) is 0 Å². The monoisotopic (exact) mass is 466 g/mol. The number of alkyl halides is 3. The Hall–Kier alpha value is -2.35. The second kappa shape index (κ2) is 8.18. The number of nitrogens with zero attached hydrogens (tertiary/aromatic N) is 2. The summed E-state index contributed by atoms with van der Waals surface area (Å²) in [5, 5.41) is 7.34. The largest absolute Gasteiger partial charge is 0.416 e. The van der Waals surface area contributed by atoms with Crippen LogP contribution in [0.5, 0.6) is 0 Å². The van der Waals surface area contributed by atoms with Crippen LogP contribution in [0.15, 0.2) is 34.8 Å². The van der Waals surface area contributed by atoms with E-state index in [1.165, 1.54) is 13.0 Å². The lowest BCUT2D eigenvalue weighted by molar-refractivity contribution is -0.138. The third-order valence-corrected chi connectivity index (χ3v) is 5.42. The van der Waals surface area contributed by atoms with Gasteiger partial charge in [0.1, 0.15) is 11.6 Å². The molecule has 0 bridgehead atoms. The van der Waals surface area contributed by atoms with E-state index < -0.39 is 11.7 Å². The number of halogens is 4. The Balaban J connectivity index is 2.03. The Labute approximate surface area is 176 Å². The Morgan fingerprint density at radius 2 is 1.86 bits per heavy atom. The summed E-state index contributed by atoms with van der Waals surface area (Å²) < 4.78 is 40.7. The smallest absolute Gasteiger partial charge is 0.384 e. The summed E-state index contributed by atoms with van der Waals surface area (Å²) in [6.07, 6.45) is -4.38. The maximum atomic E-state index is 13.3. The van der Waals surface area contributed by atoms with Crippen LogP contribution in [0.3, 0.4) is 0 Å². The first kappa shape index (κ1) is 21.4. The van der Waals surface area contributed by atoms with Gasteiger partial charge >= 0.3 is 6.18 Å². The fourth-order valence-corrected chi connectivity index (χ4v) is 3.90. The van der Waals surface area contributed by atoms with E-state index >= 15 is 0 Å². The molecule has 0 amide bonds. The first-order valence-electron chi connectivity index (χ1n) is 9.26. The predicted molar refractivity (Wildman–Crippen MR) is 114 cm³/mol. The van der Waals surface area contributed by atoms with Crippen LogP contribution in [-0.4, -0.2) is 16.5 Å². The molecule has 0 aliphatic heterocycles. The minimum absolute atomic E-state index is 0.214. The Morgan fingerprint density at radius 1 is 1.14 bits per heavy atom. The van der Waals surface area contributed by atoms with Crippen molar-refractivity contribution in [3.8, 4) is 0 Å². The van der Waals surface area contributed by atoms with Crippen molar-refractivity contribution in [1.29, 1.82) is 0 Å². The van der Waals surface area contributed by atoms with E-state index in [2.05, 4.69) is 36.5 Å². The van der Waals surface area contributed by atoms with Gasteiger partial charge in [-0.3, -0.25) is 0 Å². The number of hydrogen-bond acceptors (Lipinski definition) is 4. The van der Waals surface area contributed by atoms with Gasteiger partial charge in [-0.1, -0.05) is 12.1 Å². The quantitative estimate of drug-likeness (QED) is 0.442. The van der Waals surface area contributed by atoms with E-state index in [9.17, 15) is 13.2 Å². The number of aromatic nitrogens is 2. The van der Waals surface area contributed by atoms with Gasteiger partial charge in [-0.25, -0.2) is 9.97 Å². The average Bonchev–Trinajstić information content (AvgIpc) is 2.62. The summed E-state index contributed by atoms with van der Waals surface area (Å²) in [4.78, 5) is 9.00. The second-order valence-corrected chi connectivity index (χ2v) is 7.74. The van der Waals surface area contributed by atoms with E-state index in [1.807, 2.05) is 26.0 Å². The maximum absolute atomic E-state index is 13.3. The lowest BCUT2D eigenvalue weighted by Crippen LogP contribution is -2.14. The maximum Gasteiger partial charge on any atom is 0.416 e. The molecule has 2 aromatic carbocycles. The SMILES string of the molecule is CCNc1cc2nc(C)nc(NC(C)c3cccc(C(F)(F)F)c3C)c2cc1Br. The van der Waals surface area contributed by atoms with Gasteiger partial charge in [0, 0.05) is 16.4 Å². The van der Waals surface area contributed by atoms with Crippen LogP contribution in [0.4, 0.5) is 24.7 Å². The molecular weight excluding hydrogens is 445 g/mol. The molecule has 0 saturated heterocycles. The van der Waals surface area contributed by atoms with Crippen LogP contribution in [0, 0.1) is 13.8 Å². The summed E-state index contributed by atoms with van der Waals surface area (Å²) in [5.74, 6) is 1.17. The van der Waals surface area contributed by atoms with Gasteiger partial charge in [-0.15, -0.1) is 0 Å². The van der Waals surface area contributed by atoms with Crippen molar-refractivity contribution in [3.05, 3.63) is 57.3 Å². The lowest BCUT2D eigenvalue weighted by Gasteiger charge is -2.21. The first-order valence-corrected chi connectivity index (χ1v) is 10.1. The molecule has 1 atom stereocenters. The molecule has 1 aromatic heterocycles. The molecule has 2 N–H and O–H groups in total. The number of anilines is 2. The van der Waals surface area contributed by atoms with Crippen molar-refractivity contribution in [2.75, 3.05) is 17.2 Å². The van der Waals surface area contributed by atoms with Crippen molar-refractivity contribution in [2.45, 2.75) is 39.9 Å². The zero-order chi connectivity index (χ0) is 21.3. The van der Waals surface area contributed by atoms with Crippen LogP contribution >= 0.6 is 15.9 Å². The molecule has 1 heterocycles. The normalized spacial score (nSPS) is 12.8. The summed E-state index contributed by atoms with van der Waals surface area (Å²) in [5.41, 5.74) is 1.85. The van der Waals surface area contributed by atoms with Crippen LogP contribution in [0.25, 0.3) is 10.9 Å². The van der Waals surface area contributed by atoms with Gasteiger partial charge < -0.3 is 10.6 Å². The van der Waals surface area contributed by atoms with E-state index in [0.29, 0.717) is 17.2 Å². The molecule has 29 heavy (non-hydrogen) atoms. The van der Waals surface area contributed by atoms with Gasteiger partial charge in [0.05, 0.1) is 22.8 Å². The van der Waals surface area contributed by atoms with Crippen molar-refractivity contribution >= 4 is 38.3 Å². The van der Waals surface area contributed by atoms with Crippen molar-refractivity contribution < 1.29 is 13.2 Å². The van der Waals surface area contributed by atoms with Gasteiger partial charge in [0.15, 0.2) is 0 Å². The molecule has 0 aliphatic carbocycles. The molecule has 0 fully saturated rings. The third-order valence-electron chi connectivity index (χ3n) is 4.76. The van der Waals surface area contributed by atoms with E-state index in [1.54, 1.807) is 13.0 Å². The summed E-state index contributed by atoms with van der Waals surface area (Å²) in [6.45, 7) is 7.89. The van der Waals surface area contributed by atoms with E-state index in [-0.39, 0.29) is 11.6 Å². The van der Waals surface area contributed by atoms with Crippen LogP contribution < -0.4 is 10.6 Å². The number of fused-ring (bicyclic) bond motifs is 1. The van der Waals surface area contributed by atoms with Gasteiger partial charge in [-0.2, -0.15) is 13.2 Å². The second-order valence-electron chi connectivity index (χ2n) is 6.88. The number of aryl methyl sites for hydroxylation is 1.